The minimum atomic E-state index is 0. The summed E-state index contributed by atoms with van der Waals surface area (Å²) in [4.78, 5) is 15.3. The molecule has 0 bridgehead atoms. The van der Waals surface area contributed by atoms with E-state index in [0.717, 1.165) is 60.9 Å². The second kappa shape index (κ2) is 9.64. The lowest BCUT2D eigenvalue weighted by Gasteiger charge is -2.27. The van der Waals surface area contributed by atoms with Gasteiger partial charge in [0, 0.05) is 29.4 Å². The number of hydrogen-bond donors (Lipinski definition) is 3. The molecule has 4 aromatic rings. The Hall–Kier alpha value is -2.68. The molecule has 0 radical (unpaired) electrons. The maximum atomic E-state index is 6.04. The zero-order valence-corrected chi connectivity index (χ0v) is 18.7. The van der Waals surface area contributed by atoms with Crippen LogP contribution in [0.4, 0.5) is 11.6 Å². The van der Waals surface area contributed by atoms with E-state index < -0.39 is 0 Å². The minimum Gasteiger partial charge on any atom is -0.365 e. The van der Waals surface area contributed by atoms with Crippen molar-refractivity contribution in [1.29, 1.82) is 0 Å². The fourth-order valence-electron chi connectivity index (χ4n) is 3.93. The van der Waals surface area contributed by atoms with Gasteiger partial charge in [-0.2, -0.15) is 0 Å². The first kappa shape index (κ1) is 21.5. The Morgan fingerprint density at radius 3 is 2.77 bits per heavy atom. The van der Waals surface area contributed by atoms with Gasteiger partial charge in [0.2, 0.25) is 0 Å². The molecule has 0 amide bonds. The van der Waals surface area contributed by atoms with Gasteiger partial charge < -0.3 is 16.4 Å². The average Bonchev–Trinajstić information content (AvgIpc) is 3.44. The van der Waals surface area contributed by atoms with Gasteiger partial charge in [0.25, 0.3) is 0 Å². The van der Waals surface area contributed by atoms with Gasteiger partial charge in [0.05, 0.1) is 24.1 Å². The SMILES string of the molecule is Cl.NC1CCC(Nc2nccn3c(-c4cccc(NCc5cccs5)n4)cnc23)CC1. The van der Waals surface area contributed by atoms with Crippen LogP contribution in [0.3, 0.4) is 0 Å². The van der Waals surface area contributed by atoms with Crippen molar-refractivity contribution in [3.05, 3.63) is 59.2 Å². The Kier molecular flexibility index (Phi) is 6.70. The Labute approximate surface area is 191 Å². The highest BCUT2D eigenvalue weighted by atomic mass is 35.5. The van der Waals surface area contributed by atoms with Crippen molar-refractivity contribution in [3.63, 3.8) is 0 Å². The van der Waals surface area contributed by atoms with Crippen molar-refractivity contribution in [3.8, 4) is 11.4 Å². The van der Waals surface area contributed by atoms with E-state index in [1.165, 1.54) is 4.88 Å². The van der Waals surface area contributed by atoms with Gasteiger partial charge in [-0.05, 0) is 49.3 Å². The molecule has 1 aliphatic rings. The summed E-state index contributed by atoms with van der Waals surface area (Å²) in [5.41, 5.74) is 8.68. The molecule has 1 aliphatic carbocycles. The van der Waals surface area contributed by atoms with Crippen molar-refractivity contribution in [2.24, 2.45) is 5.73 Å². The molecule has 0 aromatic carbocycles. The molecule has 31 heavy (non-hydrogen) atoms. The van der Waals surface area contributed by atoms with Crippen molar-refractivity contribution in [2.75, 3.05) is 10.6 Å². The number of imidazole rings is 1. The third-order valence-corrected chi connectivity index (χ3v) is 6.45. The third kappa shape index (κ3) is 4.81. The van der Waals surface area contributed by atoms with E-state index in [1.54, 1.807) is 11.3 Å². The lowest BCUT2D eigenvalue weighted by Crippen LogP contribution is -2.33. The van der Waals surface area contributed by atoms with E-state index in [4.69, 9.17) is 10.7 Å². The number of nitrogens with two attached hydrogens (primary N) is 1. The first-order valence-electron chi connectivity index (χ1n) is 10.3. The van der Waals surface area contributed by atoms with E-state index in [1.807, 2.05) is 36.8 Å². The number of nitrogens with one attached hydrogen (secondary N) is 2. The monoisotopic (exact) mass is 455 g/mol. The fraction of sp³-hybridized carbons (Fsp3) is 0.318. The highest BCUT2D eigenvalue weighted by Gasteiger charge is 2.20. The summed E-state index contributed by atoms with van der Waals surface area (Å²) in [5.74, 6) is 1.66. The van der Waals surface area contributed by atoms with Gasteiger partial charge in [-0.3, -0.25) is 4.40 Å². The number of hydrogen-bond acceptors (Lipinski definition) is 7. The van der Waals surface area contributed by atoms with Crippen molar-refractivity contribution in [1.82, 2.24) is 19.4 Å². The summed E-state index contributed by atoms with van der Waals surface area (Å²) < 4.78 is 2.05. The summed E-state index contributed by atoms with van der Waals surface area (Å²) in [7, 11) is 0. The van der Waals surface area contributed by atoms with Crippen molar-refractivity contribution < 1.29 is 0 Å². The molecule has 4 aromatic heterocycles. The predicted molar refractivity (Wildman–Crippen MR) is 129 cm³/mol. The van der Waals surface area contributed by atoms with Crippen LogP contribution in [0.1, 0.15) is 30.6 Å². The van der Waals surface area contributed by atoms with E-state index in [2.05, 4.69) is 42.5 Å². The Balaban J connectivity index is 0.00000231. The van der Waals surface area contributed by atoms with Crippen molar-refractivity contribution >= 4 is 41.0 Å². The number of fused-ring (bicyclic) bond motifs is 1. The third-order valence-electron chi connectivity index (χ3n) is 5.58. The number of anilines is 2. The molecule has 0 spiro atoms. The maximum absolute atomic E-state index is 6.04. The number of nitrogens with zero attached hydrogens (tertiary/aromatic N) is 4. The summed E-state index contributed by atoms with van der Waals surface area (Å²) in [6.45, 7) is 0.768. The second-order valence-electron chi connectivity index (χ2n) is 7.71. The van der Waals surface area contributed by atoms with Gasteiger partial charge in [-0.1, -0.05) is 12.1 Å². The molecular formula is C22H26ClN7S. The molecule has 0 unspecified atom stereocenters. The first-order chi connectivity index (χ1) is 14.8. The molecule has 4 N–H and O–H groups in total. The number of halogens is 1. The molecule has 1 fully saturated rings. The standard InChI is InChI=1S/C22H25N7S.ClH/c23-15-6-8-16(9-7-15)27-21-22-26-14-19(29(22)11-10-24-21)18-4-1-5-20(28-18)25-13-17-3-2-12-30-17;/h1-5,10-12,14-16H,6-9,13,23H2,(H,24,27)(H,25,28);1H. The van der Waals surface area contributed by atoms with Gasteiger partial charge >= 0.3 is 0 Å². The van der Waals surface area contributed by atoms with Crippen LogP contribution >= 0.6 is 23.7 Å². The Morgan fingerprint density at radius 2 is 1.97 bits per heavy atom. The lowest BCUT2D eigenvalue weighted by atomic mass is 9.92. The summed E-state index contributed by atoms with van der Waals surface area (Å²) in [6.07, 6.45) is 9.85. The molecule has 7 nitrogen and oxygen atoms in total. The van der Waals surface area contributed by atoms with Crippen LogP contribution in [-0.4, -0.2) is 31.4 Å². The van der Waals surface area contributed by atoms with Crippen LogP contribution in [0.25, 0.3) is 17.0 Å². The smallest absolute Gasteiger partial charge is 0.180 e. The molecule has 162 valence electrons. The molecule has 5 rings (SSSR count). The zero-order valence-electron chi connectivity index (χ0n) is 17.1. The van der Waals surface area contributed by atoms with Gasteiger partial charge in [0.1, 0.15) is 5.82 Å². The highest BCUT2D eigenvalue weighted by Crippen LogP contribution is 2.26. The Morgan fingerprint density at radius 1 is 1.10 bits per heavy atom. The quantitative estimate of drug-likeness (QED) is 0.394. The molecular weight excluding hydrogens is 430 g/mol. The first-order valence-corrected chi connectivity index (χ1v) is 11.2. The molecule has 1 saturated carbocycles. The topological polar surface area (TPSA) is 93.2 Å². The van der Waals surface area contributed by atoms with Crippen LogP contribution in [0.15, 0.2) is 54.3 Å². The maximum Gasteiger partial charge on any atom is 0.180 e. The van der Waals surface area contributed by atoms with Crippen LogP contribution in [0, 0.1) is 0 Å². The summed E-state index contributed by atoms with van der Waals surface area (Å²) in [5, 5.41) is 9.06. The number of aromatic nitrogens is 4. The molecule has 0 aliphatic heterocycles. The minimum absolute atomic E-state index is 0. The van der Waals surface area contributed by atoms with E-state index in [-0.39, 0.29) is 12.4 Å². The van der Waals surface area contributed by atoms with E-state index in [0.29, 0.717) is 12.1 Å². The predicted octanol–water partition coefficient (Wildman–Crippen LogP) is 4.57. The van der Waals surface area contributed by atoms with E-state index in [9.17, 15) is 0 Å². The number of thiophene rings is 1. The average molecular weight is 456 g/mol. The van der Waals surface area contributed by atoms with Gasteiger partial charge in [0.15, 0.2) is 11.5 Å². The van der Waals surface area contributed by atoms with Crippen molar-refractivity contribution in [2.45, 2.75) is 44.3 Å². The van der Waals surface area contributed by atoms with Crippen LogP contribution in [-0.2, 0) is 6.54 Å². The number of pyridine rings is 1. The number of rotatable bonds is 6. The molecule has 0 atom stereocenters. The largest absolute Gasteiger partial charge is 0.365 e. The lowest BCUT2D eigenvalue weighted by molar-refractivity contribution is 0.410. The molecule has 9 heteroatoms. The van der Waals surface area contributed by atoms with E-state index >= 15 is 0 Å². The fourth-order valence-corrected chi connectivity index (χ4v) is 4.58. The summed E-state index contributed by atoms with van der Waals surface area (Å²) >= 11 is 1.74. The summed E-state index contributed by atoms with van der Waals surface area (Å²) in [6, 6.07) is 10.9. The molecule has 4 heterocycles. The zero-order chi connectivity index (χ0) is 20.3. The van der Waals surface area contributed by atoms with Gasteiger partial charge in [-0.25, -0.2) is 15.0 Å². The Bertz CT molecular complexity index is 1120. The van der Waals surface area contributed by atoms with Gasteiger partial charge in [-0.15, -0.1) is 23.7 Å². The van der Waals surface area contributed by atoms with Crippen LogP contribution in [0.2, 0.25) is 0 Å². The molecule has 0 saturated heterocycles. The highest BCUT2D eigenvalue weighted by molar-refractivity contribution is 7.09. The van der Waals surface area contributed by atoms with Crippen LogP contribution < -0.4 is 16.4 Å². The second-order valence-corrected chi connectivity index (χ2v) is 8.74. The normalized spacial score (nSPS) is 18.5. The van der Waals surface area contributed by atoms with Crippen LogP contribution in [0.5, 0.6) is 0 Å².